The van der Waals surface area contributed by atoms with Gasteiger partial charge in [0.1, 0.15) is 0 Å². The Kier molecular flexibility index (Phi) is 5.46. The zero-order valence-electron chi connectivity index (χ0n) is 13.4. The van der Waals surface area contributed by atoms with E-state index in [1.54, 1.807) is 7.11 Å². The number of methoxy groups -OCH3 is 1. The molecule has 3 atom stereocenters. The maximum Gasteiger partial charge on any atom is 0.160 e. The lowest BCUT2D eigenvalue weighted by molar-refractivity contribution is 0.231. The number of aryl methyl sites for hydroxylation is 1. The van der Waals surface area contributed by atoms with E-state index in [2.05, 4.69) is 36.0 Å². The van der Waals surface area contributed by atoms with Crippen molar-refractivity contribution in [2.75, 3.05) is 20.7 Å². The van der Waals surface area contributed by atoms with Crippen LogP contribution in [0, 0.1) is 11.8 Å². The third kappa shape index (κ3) is 3.17. The summed E-state index contributed by atoms with van der Waals surface area (Å²) < 4.78 is 7.75. The number of aromatic nitrogens is 2. The van der Waals surface area contributed by atoms with Crippen LogP contribution in [0.1, 0.15) is 51.1 Å². The van der Waals surface area contributed by atoms with Gasteiger partial charge in [-0.25, -0.2) is 0 Å². The number of hydrogen-bond acceptors (Lipinski definition) is 3. The summed E-state index contributed by atoms with van der Waals surface area (Å²) in [5.41, 5.74) is 1.32. The van der Waals surface area contributed by atoms with Crippen molar-refractivity contribution in [1.29, 1.82) is 0 Å². The minimum absolute atomic E-state index is 0.565. The molecule has 1 aliphatic rings. The molecule has 1 heterocycles. The molecule has 1 aromatic heterocycles. The van der Waals surface area contributed by atoms with Crippen LogP contribution < -0.4 is 10.1 Å². The van der Waals surface area contributed by atoms with E-state index < -0.39 is 0 Å². The molecule has 0 radical (unpaired) electrons. The zero-order valence-corrected chi connectivity index (χ0v) is 13.4. The standard InChI is InChI=1S/C16H29N3O/c1-5-8-19-16(15(20-4)11-18-19)14-9-12(2)6-7-13(14)10-17-3/h11-14,17H,5-10H2,1-4H3. The van der Waals surface area contributed by atoms with Crippen LogP contribution >= 0.6 is 0 Å². The van der Waals surface area contributed by atoms with Crippen molar-refractivity contribution in [3.8, 4) is 5.75 Å². The summed E-state index contributed by atoms with van der Waals surface area (Å²) in [5, 5.41) is 7.91. The normalized spacial score (nSPS) is 26.7. The summed E-state index contributed by atoms with van der Waals surface area (Å²) >= 11 is 0. The largest absolute Gasteiger partial charge is 0.493 e. The molecule has 4 nitrogen and oxygen atoms in total. The highest BCUT2D eigenvalue weighted by atomic mass is 16.5. The van der Waals surface area contributed by atoms with Crippen LogP contribution in [-0.4, -0.2) is 30.5 Å². The topological polar surface area (TPSA) is 39.1 Å². The van der Waals surface area contributed by atoms with E-state index in [0.717, 1.165) is 31.2 Å². The van der Waals surface area contributed by atoms with Crippen molar-refractivity contribution in [3.05, 3.63) is 11.9 Å². The molecule has 0 aliphatic heterocycles. The summed E-state index contributed by atoms with van der Waals surface area (Å²) in [7, 11) is 3.81. The number of hydrogen-bond donors (Lipinski definition) is 1. The van der Waals surface area contributed by atoms with Crippen molar-refractivity contribution >= 4 is 0 Å². The van der Waals surface area contributed by atoms with Gasteiger partial charge in [0.05, 0.1) is 19.0 Å². The maximum absolute atomic E-state index is 5.58. The van der Waals surface area contributed by atoms with Gasteiger partial charge in [0.15, 0.2) is 5.75 Å². The Morgan fingerprint density at radius 2 is 2.25 bits per heavy atom. The van der Waals surface area contributed by atoms with Crippen molar-refractivity contribution < 1.29 is 4.74 Å². The van der Waals surface area contributed by atoms with Crippen LogP contribution in [-0.2, 0) is 6.54 Å². The molecule has 0 aromatic carbocycles. The Bertz CT molecular complexity index is 416. The first kappa shape index (κ1) is 15.4. The minimum atomic E-state index is 0.565. The predicted molar refractivity (Wildman–Crippen MR) is 82.2 cm³/mol. The Balaban J connectivity index is 2.31. The van der Waals surface area contributed by atoms with Crippen molar-refractivity contribution in [2.45, 2.75) is 52.0 Å². The molecule has 1 saturated carbocycles. The fourth-order valence-corrected chi connectivity index (χ4v) is 3.58. The highest BCUT2D eigenvalue weighted by Gasteiger charge is 2.33. The first-order valence-corrected chi connectivity index (χ1v) is 7.95. The molecule has 0 amide bonds. The average molecular weight is 279 g/mol. The molecule has 0 saturated heterocycles. The molecule has 0 spiro atoms. The summed E-state index contributed by atoms with van der Waals surface area (Å²) in [6.45, 7) is 6.63. The minimum Gasteiger partial charge on any atom is -0.493 e. The summed E-state index contributed by atoms with van der Waals surface area (Å²) in [6, 6.07) is 0. The molecular formula is C16H29N3O. The molecule has 2 rings (SSSR count). The molecule has 1 aliphatic carbocycles. The molecule has 1 N–H and O–H groups in total. The second-order valence-electron chi connectivity index (χ2n) is 6.16. The van der Waals surface area contributed by atoms with E-state index in [9.17, 15) is 0 Å². The van der Waals surface area contributed by atoms with E-state index in [4.69, 9.17) is 4.74 Å². The van der Waals surface area contributed by atoms with Gasteiger partial charge in [-0.3, -0.25) is 4.68 Å². The molecule has 1 fully saturated rings. The summed E-state index contributed by atoms with van der Waals surface area (Å²) in [5.74, 6) is 3.02. The van der Waals surface area contributed by atoms with Crippen LogP contribution in [0.3, 0.4) is 0 Å². The second-order valence-corrected chi connectivity index (χ2v) is 6.16. The lowest BCUT2D eigenvalue weighted by Gasteiger charge is -2.35. The zero-order chi connectivity index (χ0) is 14.5. The molecule has 3 unspecified atom stereocenters. The monoisotopic (exact) mass is 279 g/mol. The third-order valence-electron chi connectivity index (χ3n) is 4.57. The number of rotatable bonds is 6. The molecule has 114 valence electrons. The highest BCUT2D eigenvalue weighted by molar-refractivity contribution is 5.30. The number of nitrogens with zero attached hydrogens (tertiary/aromatic N) is 2. The van der Waals surface area contributed by atoms with Gasteiger partial charge < -0.3 is 10.1 Å². The Hall–Kier alpha value is -1.03. The molecule has 0 bridgehead atoms. The summed E-state index contributed by atoms with van der Waals surface area (Å²) in [6.07, 6.45) is 6.88. The third-order valence-corrected chi connectivity index (χ3v) is 4.57. The van der Waals surface area contributed by atoms with Gasteiger partial charge >= 0.3 is 0 Å². The summed E-state index contributed by atoms with van der Waals surface area (Å²) in [4.78, 5) is 0. The van der Waals surface area contributed by atoms with Gasteiger partial charge in [0, 0.05) is 12.5 Å². The van der Waals surface area contributed by atoms with Crippen molar-refractivity contribution in [1.82, 2.24) is 15.1 Å². The SMILES string of the molecule is CCCn1ncc(OC)c1C1CC(C)CCC1CNC. The van der Waals surface area contributed by atoms with Gasteiger partial charge in [0.25, 0.3) is 0 Å². The van der Waals surface area contributed by atoms with Crippen molar-refractivity contribution in [2.24, 2.45) is 11.8 Å². The van der Waals surface area contributed by atoms with E-state index in [0.29, 0.717) is 11.8 Å². The van der Waals surface area contributed by atoms with E-state index in [-0.39, 0.29) is 0 Å². The molecule has 4 heteroatoms. The van der Waals surface area contributed by atoms with Crippen molar-refractivity contribution in [3.63, 3.8) is 0 Å². The fourth-order valence-electron chi connectivity index (χ4n) is 3.58. The van der Waals surface area contributed by atoms with Crippen LogP contribution in [0.15, 0.2) is 6.20 Å². The number of ether oxygens (including phenoxy) is 1. The van der Waals surface area contributed by atoms with Crippen LogP contribution in [0.2, 0.25) is 0 Å². The predicted octanol–water partition coefficient (Wildman–Crippen LogP) is 3.04. The average Bonchev–Trinajstić information content (AvgIpc) is 2.84. The Morgan fingerprint density at radius 1 is 1.45 bits per heavy atom. The molecular weight excluding hydrogens is 250 g/mol. The Labute approximate surface area is 122 Å². The fraction of sp³-hybridized carbons (Fsp3) is 0.812. The molecule has 1 aromatic rings. The first-order valence-electron chi connectivity index (χ1n) is 7.95. The maximum atomic E-state index is 5.58. The van der Waals surface area contributed by atoms with Gasteiger partial charge in [-0.15, -0.1) is 0 Å². The Morgan fingerprint density at radius 3 is 2.90 bits per heavy atom. The first-order chi connectivity index (χ1) is 9.71. The smallest absolute Gasteiger partial charge is 0.160 e. The van der Waals surface area contributed by atoms with Gasteiger partial charge in [-0.2, -0.15) is 5.10 Å². The van der Waals surface area contributed by atoms with Crippen LogP contribution in [0.25, 0.3) is 0 Å². The van der Waals surface area contributed by atoms with E-state index in [1.807, 2.05) is 6.20 Å². The quantitative estimate of drug-likeness (QED) is 0.870. The lowest BCUT2D eigenvalue weighted by Crippen LogP contribution is -2.31. The van der Waals surface area contributed by atoms with Gasteiger partial charge in [0.2, 0.25) is 0 Å². The van der Waals surface area contributed by atoms with E-state index in [1.165, 1.54) is 25.0 Å². The highest BCUT2D eigenvalue weighted by Crippen LogP contribution is 2.43. The van der Waals surface area contributed by atoms with Gasteiger partial charge in [-0.1, -0.05) is 20.3 Å². The van der Waals surface area contributed by atoms with Crippen LogP contribution in [0.4, 0.5) is 0 Å². The van der Waals surface area contributed by atoms with Gasteiger partial charge in [-0.05, 0) is 44.7 Å². The molecule has 20 heavy (non-hydrogen) atoms. The van der Waals surface area contributed by atoms with E-state index >= 15 is 0 Å². The lowest BCUT2D eigenvalue weighted by atomic mass is 9.73. The van der Waals surface area contributed by atoms with Crippen LogP contribution in [0.5, 0.6) is 5.75 Å². The number of nitrogens with one attached hydrogen (secondary N) is 1. The second kappa shape index (κ2) is 7.11.